The number of amides is 1. The highest BCUT2D eigenvalue weighted by atomic mass is 16.2. The third-order valence-corrected chi connectivity index (χ3v) is 4.41. The van der Waals surface area contributed by atoms with Crippen LogP contribution < -0.4 is 0 Å². The number of hydrogen-bond donors (Lipinski definition) is 0. The molecule has 0 spiro atoms. The Morgan fingerprint density at radius 1 is 1.38 bits per heavy atom. The molecule has 1 saturated heterocycles. The molecular weight excluding hydrogens is 198 g/mol. The first-order valence-corrected chi connectivity index (χ1v) is 6.34. The summed E-state index contributed by atoms with van der Waals surface area (Å²) in [5, 5.41) is 0. The molecule has 0 N–H and O–H groups in total. The van der Waals surface area contributed by atoms with Crippen LogP contribution in [0.5, 0.6) is 0 Å². The molecular formula is C14H27NO. The van der Waals surface area contributed by atoms with Crippen molar-refractivity contribution in [2.75, 3.05) is 13.1 Å². The van der Waals surface area contributed by atoms with E-state index in [1.54, 1.807) is 0 Å². The molecule has 0 aromatic heterocycles. The first-order valence-electron chi connectivity index (χ1n) is 6.34. The second-order valence-electron chi connectivity index (χ2n) is 7.20. The molecule has 16 heavy (non-hydrogen) atoms. The second kappa shape index (κ2) is 4.05. The van der Waals surface area contributed by atoms with E-state index >= 15 is 0 Å². The van der Waals surface area contributed by atoms with Crippen molar-refractivity contribution in [3.63, 3.8) is 0 Å². The van der Waals surface area contributed by atoms with Crippen molar-refractivity contribution >= 4 is 5.91 Å². The molecule has 2 atom stereocenters. The predicted molar refractivity (Wildman–Crippen MR) is 68.1 cm³/mol. The molecule has 0 aromatic rings. The minimum atomic E-state index is 0.0626. The first kappa shape index (κ1) is 13.5. The van der Waals surface area contributed by atoms with Gasteiger partial charge < -0.3 is 4.90 Å². The van der Waals surface area contributed by atoms with Crippen LogP contribution >= 0.6 is 0 Å². The van der Waals surface area contributed by atoms with Gasteiger partial charge in [-0.25, -0.2) is 0 Å². The Bertz CT molecular complexity index is 275. The quantitative estimate of drug-likeness (QED) is 0.671. The Labute approximate surface area is 100 Å². The van der Waals surface area contributed by atoms with Crippen LogP contribution in [0.1, 0.15) is 48.5 Å². The van der Waals surface area contributed by atoms with Gasteiger partial charge in [0.1, 0.15) is 0 Å². The van der Waals surface area contributed by atoms with Crippen LogP contribution in [0.4, 0.5) is 0 Å². The van der Waals surface area contributed by atoms with E-state index in [0.29, 0.717) is 11.8 Å². The molecule has 0 bridgehead atoms. The molecule has 2 heteroatoms. The smallest absolute Gasteiger partial charge is 0.225 e. The summed E-state index contributed by atoms with van der Waals surface area (Å²) in [6.07, 6.45) is 0. The normalized spacial score (nSPS) is 26.9. The highest BCUT2D eigenvalue weighted by Crippen LogP contribution is 2.37. The van der Waals surface area contributed by atoms with E-state index < -0.39 is 0 Å². The molecule has 1 amide bonds. The number of carbonyl (C=O) groups excluding carboxylic acids is 1. The molecule has 1 aliphatic heterocycles. The molecule has 0 aliphatic carbocycles. The lowest BCUT2D eigenvalue weighted by Crippen LogP contribution is -2.39. The lowest BCUT2D eigenvalue weighted by atomic mass is 9.81. The Morgan fingerprint density at radius 3 is 2.19 bits per heavy atom. The topological polar surface area (TPSA) is 20.3 Å². The molecule has 1 fully saturated rings. The van der Waals surface area contributed by atoms with Crippen LogP contribution in [0.25, 0.3) is 0 Å². The molecule has 0 saturated carbocycles. The Morgan fingerprint density at radius 2 is 1.88 bits per heavy atom. The van der Waals surface area contributed by atoms with Gasteiger partial charge in [0.25, 0.3) is 0 Å². The highest BCUT2D eigenvalue weighted by Gasteiger charge is 2.41. The molecule has 2 nitrogen and oxygen atoms in total. The highest BCUT2D eigenvalue weighted by molar-refractivity contribution is 5.79. The third kappa shape index (κ3) is 2.58. The molecule has 1 heterocycles. The first-order chi connectivity index (χ1) is 7.05. The average molecular weight is 225 g/mol. The van der Waals surface area contributed by atoms with Gasteiger partial charge in [0, 0.05) is 19.0 Å². The van der Waals surface area contributed by atoms with Crippen LogP contribution in [-0.2, 0) is 4.79 Å². The van der Waals surface area contributed by atoms with Gasteiger partial charge in [-0.15, -0.1) is 0 Å². The lowest BCUT2D eigenvalue weighted by Gasteiger charge is -2.30. The van der Waals surface area contributed by atoms with Gasteiger partial charge in [0.05, 0.1) is 0 Å². The summed E-state index contributed by atoms with van der Waals surface area (Å²) in [7, 11) is 0. The largest absolute Gasteiger partial charge is 0.342 e. The molecule has 0 aromatic carbocycles. The Balaban J connectivity index is 2.72. The van der Waals surface area contributed by atoms with Crippen LogP contribution in [0.3, 0.4) is 0 Å². The van der Waals surface area contributed by atoms with Gasteiger partial charge >= 0.3 is 0 Å². The average Bonchev–Trinajstić information content (AvgIpc) is 2.37. The summed E-state index contributed by atoms with van der Waals surface area (Å²) >= 11 is 0. The van der Waals surface area contributed by atoms with Gasteiger partial charge in [0.15, 0.2) is 0 Å². The third-order valence-electron chi connectivity index (χ3n) is 4.41. The maximum atomic E-state index is 12.4. The van der Waals surface area contributed by atoms with Crippen molar-refractivity contribution in [2.24, 2.45) is 22.7 Å². The summed E-state index contributed by atoms with van der Waals surface area (Å²) in [6, 6.07) is 0. The van der Waals surface area contributed by atoms with Crippen LogP contribution in [-0.4, -0.2) is 23.9 Å². The molecule has 94 valence electrons. The molecule has 1 rings (SSSR count). The van der Waals surface area contributed by atoms with E-state index in [2.05, 4.69) is 53.4 Å². The molecule has 0 radical (unpaired) electrons. The minimum absolute atomic E-state index is 0.0626. The summed E-state index contributed by atoms with van der Waals surface area (Å²) in [5.74, 6) is 1.03. The fraction of sp³-hybridized carbons (Fsp3) is 0.929. The number of nitrogens with zero attached hydrogens (tertiary/aromatic N) is 1. The number of hydrogen-bond acceptors (Lipinski definition) is 1. The van der Waals surface area contributed by atoms with Crippen molar-refractivity contribution in [1.29, 1.82) is 0 Å². The maximum Gasteiger partial charge on any atom is 0.225 e. The van der Waals surface area contributed by atoms with Crippen LogP contribution in [0.2, 0.25) is 0 Å². The fourth-order valence-corrected chi connectivity index (χ4v) is 2.10. The van der Waals surface area contributed by atoms with Crippen molar-refractivity contribution in [3.05, 3.63) is 0 Å². The van der Waals surface area contributed by atoms with Crippen LogP contribution in [0.15, 0.2) is 0 Å². The lowest BCUT2D eigenvalue weighted by molar-refractivity contribution is -0.137. The summed E-state index contributed by atoms with van der Waals surface area (Å²) in [4.78, 5) is 14.4. The minimum Gasteiger partial charge on any atom is -0.342 e. The zero-order chi connectivity index (χ0) is 12.7. The molecule has 1 aliphatic rings. The van der Waals surface area contributed by atoms with Gasteiger partial charge in [-0.2, -0.15) is 0 Å². The van der Waals surface area contributed by atoms with E-state index in [0.717, 1.165) is 13.1 Å². The van der Waals surface area contributed by atoms with E-state index in [9.17, 15) is 4.79 Å². The second-order valence-corrected chi connectivity index (χ2v) is 7.20. The van der Waals surface area contributed by atoms with E-state index in [-0.39, 0.29) is 16.7 Å². The van der Waals surface area contributed by atoms with Gasteiger partial charge in [-0.05, 0) is 16.7 Å². The van der Waals surface area contributed by atoms with Crippen molar-refractivity contribution in [3.8, 4) is 0 Å². The van der Waals surface area contributed by atoms with Crippen molar-refractivity contribution < 1.29 is 4.79 Å². The summed E-state index contributed by atoms with van der Waals surface area (Å²) in [6.45, 7) is 17.1. The van der Waals surface area contributed by atoms with Crippen molar-refractivity contribution in [1.82, 2.24) is 4.90 Å². The number of likely N-dealkylation sites (tertiary alicyclic amines) is 1. The van der Waals surface area contributed by atoms with Gasteiger partial charge in [0.2, 0.25) is 5.91 Å². The zero-order valence-electron chi connectivity index (χ0n) is 11.9. The van der Waals surface area contributed by atoms with E-state index in [1.165, 1.54) is 0 Å². The number of carbonyl (C=O) groups is 1. The Kier molecular flexibility index (Phi) is 3.42. The van der Waals surface area contributed by atoms with Gasteiger partial charge in [-0.1, -0.05) is 48.5 Å². The fourth-order valence-electron chi connectivity index (χ4n) is 2.10. The molecule has 1 unspecified atom stereocenters. The summed E-state index contributed by atoms with van der Waals surface area (Å²) in [5.41, 5.74) is 0.334. The van der Waals surface area contributed by atoms with E-state index in [4.69, 9.17) is 0 Å². The SMILES string of the molecule is CC(C(=O)N1C[C@@H](C)C(C)(C)C1)C(C)(C)C. The Hall–Kier alpha value is -0.530. The predicted octanol–water partition coefficient (Wildman–Crippen LogP) is 3.17. The maximum absolute atomic E-state index is 12.4. The van der Waals surface area contributed by atoms with Crippen LogP contribution in [0, 0.1) is 22.7 Å². The van der Waals surface area contributed by atoms with Crippen molar-refractivity contribution in [2.45, 2.75) is 48.5 Å². The van der Waals surface area contributed by atoms with Gasteiger partial charge in [-0.3, -0.25) is 4.79 Å². The number of rotatable bonds is 1. The summed E-state index contributed by atoms with van der Waals surface area (Å²) < 4.78 is 0. The van der Waals surface area contributed by atoms with E-state index in [1.807, 2.05) is 0 Å². The monoisotopic (exact) mass is 225 g/mol. The standard InChI is InChI=1S/C14H27NO/c1-10-8-15(9-14(10,6)7)12(16)11(2)13(3,4)5/h10-11H,8-9H2,1-7H3/t10-,11?/m1/s1. The zero-order valence-corrected chi connectivity index (χ0v) is 11.9.